The zero-order valence-electron chi connectivity index (χ0n) is 15.5. The van der Waals surface area contributed by atoms with Crippen molar-refractivity contribution in [3.8, 4) is 5.88 Å². The summed E-state index contributed by atoms with van der Waals surface area (Å²) < 4.78 is 20.3. The maximum Gasteiger partial charge on any atom is 0.340 e. The Morgan fingerprint density at radius 2 is 1.81 bits per heavy atom. The molecule has 1 aromatic rings. The molecule has 1 amide bonds. The molecule has 1 aliphatic rings. The summed E-state index contributed by atoms with van der Waals surface area (Å²) in [6.45, 7) is 4.09. The van der Waals surface area contributed by atoms with E-state index in [1.165, 1.54) is 20.3 Å². The van der Waals surface area contributed by atoms with Crippen molar-refractivity contribution in [2.45, 2.75) is 20.3 Å². The van der Waals surface area contributed by atoms with Crippen LogP contribution in [0.5, 0.6) is 5.88 Å². The summed E-state index contributed by atoms with van der Waals surface area (Å²) in [4.78, 5) is 39.1. The first kappa shape index (κ1) is 20.0. The molecule has 27 heavy (non-hydrogen) atoms. The van der Waals surface area contributed by atoms with Gasteiger partial charge in [0, 0.05) is 5.56 Å². The van der Waals surface area contributed by atoms with Crippen molar-refractivity contribution in [3.63, 3.8) is 0 Å². The molecule has 2 rings (SSSR count). The number of nitrogens with one attached hydrogen (secondary N) is 2. The third-order valence-corrected chi connectivity index (χ3v) is 3.62. The number of methoxy groups -OCH3 is 2. The highest BCUT2D eigenvalue weighted by atomic mass is 16.5. The summed E-state index contributed by atoms with van der Waals surface area (Å²) in [5.74, 6) is -1.44. The van der Waals surface area contributed by atoms with Gasteiger partial charge in [-0.3, -0.25) is 9.59 Å². The number of esters is 2. The minimum atomic E-state index is -0.698. The number of hydrogen-bond acceptors (Lipinski definition) is 8. The van der Waals surface area contributed by atoms with Crippen LogP contribution in [0.25, 0.3) is 6.08 Å². The van der Waals surface area contributed by atoms with Gasteiger partial charge >= 0.3 is 11.9 Å². The van der Waals surface area contributed by atoms with Crippen LogP contribution < -0.4 is 10.2 Å². The molecule has 0 atom stereocenters. The van der Waals surface area contributed by atoms with Crippen LogP contribution in [0.4, 0.5) is 0 Å². The van der Waals surface area contributed by atoms with Crippen LogP contribution in [0.15, 0.2) is 10.7 Å². The molecule has 2 heterocycles. The van der Waals surface area contributed by atoms with Gasteiger partial charge in [0.05, 0.1) is 45.1 Å². The third kappa shape index (κ3) is 4.27. The summed E-state index contributed by atoms with van der Waals surface area (Å²) in [6.07, 6.45) is 1.18. The number of aromatic amines is 1. The SMILES string of the molecule is CCOC1=NNC(=O)/C1=C/c1[nH]c(OCC)c(CC(=O)OC)c1C(=O)OC. The van der Waals surface area contributed by atoms with E-state index in [0.717, 1.165) is 0 Å². The average Bonchev–Trinajstić information content (AvgIpc) is 3.17. The van der Waals surface area contributed by atoms with Gasteiger partial charge in [0.1, 0.15) is 5.57 Å². The van der Waals surface area contributed by atoms with Crippen molar-refractivity contribution in [2.24, 2.45) is 5.10 Å². The number of amides is 1. The molecule has 0 bridgehead atoms. The summed E-state index contributed by atoms with van der Waals surface area (Å²) in [7, 11) is 2.45. The molecule has 1 aliphatic heterocycles. The quantitative estimate of drug-likeness (QED) is 0.529. The first-order valence-corrected chi connectivity index (χ1v) is 8.22. The molecule has 1 aromatic heterocycles. The summed E-state index contributed by atoms with van der Waals surface area (Å²) >= 11 is 0. The molecule has 0 fully saturated rings. The number of carbonyl (C=O) groups is 3. The Labute approximate surface area is 155 Å². The van der Waals surface area contributed by atoms with Gasteiger partial charge in [-0.25, -0.2) is 10.2 Å². The first-order valence-electron chi connectivity index (χ1n) is 8.22. The largest absolute Gasteiger partial charge is 0.479 e. The van der Waals surface area contributed by atoms with Gasteiger partial charge in [0.15, 0.2) is 5.88 Å². The Hall–Kier alpha value is -3.30. The third-order valence-electron chi connectivity index (χ3n) is 3.62. The molecule has 10 nitrogen and oxygen atoms in total. The number of rotatable bonds is 7. The van der Waals surface area contributed by atoms with Gasteiger partial charge in [0.25, 0.3) is 5.91 Å². The maximum atomic E-state index is 12.4. The second kappa shape index (κ2) is 8.88. The van der Waals surface area contributed by atoms with Crippen molar-refractivity contribution >= 4 is 29.8 Å². The van der Waals surface area contributed by atoms with Crippen molar-refractivity contribution in [2.75, 3.05) is 27.4 Å². The number of hydrazone groups is 1. The lowest BCUT2D eigenvalue weighted by molar-refractivity contribution is -0.139. The number of H-pyrrole nitrogens is 1. The van der Waals surface area contributed by atoms with E-state index in [1.807, 2.05) is 0 Å². The number of aromatic nitrogens is 1. The van der Waals surface area contributed by atoms with E-state index in [0.29, 0.717) is 6.61 Å². The van der Waals surface area contributed by atoms with Gasteiger partial charge in [-0.1, -0.05) is 0 Å². The first-order chi connectivity index (χ1) is 13.0. The summed E-state index contributed by atoms with van der Waals surface area (Å²) in [5, 5.41) is 3.80. The van der Waals surface area contributed by atoms with Crippen LogP contribution in [-0.4, -0.2) is 56.2 Å². The number of carbonyl (C=O) groups excluding carboxylic acids is 3. The molecule has 0 saturated heterocycles. The molecular weight excluding hydrogens is 358 g/mol. The van der Waals surface area contributed by atoms with Gasteiger partial charge < -0.3 is 23.9 Å². The molecule has 146 valence electrons. The van der Waals surface area contributed by atoms with E-state index in [-0.39, 0.29) is 47.2 Å². The topological polar surface area (TPSA) is 128 Å². The Morgan fingerprint density at radius 1 is 1.11 bits per heavy atom. The number of hydrogen-bond donors (Lipinski definition) is 2. The van der Waals surface area contributed by atoms with E-state index < -0.39 is 17.8 Å². The van der Waals surface area contributed by atoms with Crippen LogP contribution >= 0.6 is 0 Å². The lowest BCUT2D eigenvalue weighted by atomic mass is 10.1. The molecule has 0 spiro atoms. The van der Waals surface area contributed by atoms with Crippen LogP contribution in [0.3, 0.4) is 0 Å². The highest BCUT2D eigenvalue weighted by Gasteiger charge is 2.29. The van der Waals surface area contributed by atoms with E-state index in [2.05, 4.69) is 20.2 Å². The Balaban J connectivity index is 2.61. The van der Waals surface area contributed by atoms with Crippen LogP contribution in [0, 0.1) is 0 Å². The van der Waals surface area contributed by atoms with Crippen molar-refractivity contribution in [1.29, 1.82) is 0 Å². The van der Waals surface area contributed by atoms with Crippen molar-refractivity contribution in [3.05, 3.63) is 22.4 Å². The molecule has 0 radical (unpaired) electrons. The zero-order valence-corrected chi connectivity index (χ0v) is 15.5. The van der Waals surface area contributed by atoms with E-state index in [1.54, 1.807) is 13.8 Å². The van der Waals surface area contributed by atoms with E-state index >= 15 is 0 Å². The predicted octanol–water partition coefficient (Wildman–Crippen LogP) is 0.779. The summed E-state index contributed by atoms with van der Waals surface area (Å²) in [6, 6.07) is 0. The highest BCUT2D eigenvalue weighted by molar-refractivity contribution is 6.25. The Kier molecular flexibility index (Phi) is 6.58. The smallest absolute Gasteiger partial charge is 0.340 e. The Bertz CT molecular complexity index is 808. The van der Waals surface area contributed by atoms with Crippen molar-refractivity contribution in [1.82, 2.24) is 10.4 Å². The van der Waals surface area contributed by atoms with Gasteiger partial charge in [-0.05, 0) is 19.9 Å². The molecule has 10 heteroatoms. The monoisotopic (exact) mass is 379 g/mol. The number of nitrogens with zero attached hydrogens (tertiary/aromatic N) is 1. The molecule has 0 unspecified atom stereocenters. The van der Waals surface area contributed by atoms with Crippen LogP contribution in [0.1, 0.15) is 35.5 Å². The number of ether oxygens (including phenoxy) is 4. The fourth-order valence-electron chi connectivity index (χ4n) is 2.47. The fourth-order valence-corrected chi connectivity index (χ4v) is 2.47. The standard InChI is InChI=1S/C17H21N3O7/c1-5-26-15-9(8-12(21)24-3)13(17(23)25-4)11(18-15)7-10-14(22)19-20-16(10)27-6-2/h7,18H,5-6,8H2,1-4H3,(H,19,22)/b10-7-. The highest BCUT2D eigenvalue weighted by Crippen LogP contribution is 2.29. The molecule has 0 saturated carbocycles. The molecule has 0 aliphatic carbocycles. The van der Waals surface area contributed by atoms with Crippen molar-refractivity contribution < 1.29 is 33.3 Å². The zero-order chi connectivity index (χ0) is 20.0. The van der Waals surface area contributed by atoms with E-state index in [4.69, 9.17) is 14.2 Å². The lowest BCUT2D eigenvalue weighted by Crippen LogP contribution is -2.15. The molecule has 2 N–H and O–H groups in total. The minimum absolute atomic E-state index is 0.0643. The molecular formula is C17H21N3O7. The van der Waals surface area contributed by atoms with Crippen LogP contribution in [0.2, 0.25) is 0 Å². The molecule has 0 aromatic carbocycles. The Morgan fingerprint density at radius 3 is 2.41 bits per heavy atom. The lowest BCUT2D eigenvalue weighted by Gasteiger charge is -2.06. The van der Waals surface area contributed by atoms with Gasteiger partial charge in [-0.15, -0.1) is 5.10 Å². The second-order valence-electron chi connectivity index (χ2n) is 5.25. The summed E-state index contributed by atoms with van der Waals surface area (Å²) in [5.41, 5.74) is 2.98. The maximum absolute atomic E-state index is 12.4. The normalized spacial score (nSPS) is 14.6. The van der Waals surface area contributed by atoms with Crippen LogP contribution in [-0.2, 0) is 30.2 Å². The fraction of sp³-hybridized carbons (Fsp3) is 0.412. The average molecular weight is 379 g/mol. The predicted molar refractivity (Wildman–Crippen MR) is 94.2 cm³/mol. The minimum Gasteiger partial charge on any atom is -0.479 e. The van der Waals surface area contributed by atoms with Gasteiger partial charge in [-0.2, -0.15) is 0 Å². The second-order valence-corrected chi connectivity index (χ2v) is 5.25. The van der Waals surface area contributed by atoms with Gasteiger partial charge in [0.2, 0.25) is 5.90 Å². The van der Waals surface area contributed by atoms with E-state index in [9.17, 15) is 14.4 Å².